The van der Waals surface area contributed by atoms with Crippen molar-refractivity contribution < 1.29 is 23.4 Å². The maximum atomic E-state index is 13.4. The number of hydrogen-bond acceptors (Lipinski definition) is 8. The number of pyridine rings is 1. The first kappa shape index (κ1) is 23.2. The lowest BCUT2D eigenvalue weighted by Gasteiger charge is -2.44. The van der Waals surface area contributed by atoms with Crippen molar-refractivity contribution in [3.05, 3.63) is 29.4 Å². The summed E-state index contributed by atoms with van der Waals surface area (Å²) in [7, 11) is -3.80. The fourth-order valence-electron chi connectivity index (χ4n) is 4.81. The molecule has 0 aromatic carbocycles. The maximum absolute atomic E-state index is 13.4. The van der Waals surface area contributed by atoms with Gasteiger partial charge < -0.3 is 14.0 Å². The summed E-state index contributed by atoms with van der Waals surface area (Å²) in [5.74, 6) is 0. The van der Waals surface area contributed by atoms with E-state index in [9.17, 15) is 17.2 Å². The molecule has 3 aromatic rings. The molecule has 1 N–H and O–H groups in total. The number of alkyl halides is 2. The number of nitrogens with zero attached hydrogens (tertiary/aromatic N) is 5. The lowest BCUT2D eigenvalue weighted by molar-refractivity contribution is -0.0116. The Morgan fingerprint density at radius 3 is 2.83 bits per heavy atom. The smallest absolute Gasteiger partial charge is 0.291 e. The molecule has 0 spiro atoms. The van der Waals surface area contributed by atoms with Crippen LogP contribution in [-0.4, -0.2) is 78.9 Å². The van der Waals surface area contributed by atoms with E-state index in [0.29, 0.717) is 23.9 Å². The number of halogens is 2. The minimum absolute atomic E-state index is 0. The van der Waals surface area contributed by atoms with E-state index < -0.39 is 22.0 Å². The van der Waals surface area contributed by atoms with Crippen LogP contribution in [0.4, 0.5) is 14.5 Å². The zero-order valence-electron chi connectivity index (χ0n) is 19.2. The Hall–Kier alpha value is -2.19. The molecule has 13 heteroatoms. The summed E-state index contributed by atoms with van der Waals surface area (Å²) >= 11 is 0.808. The Balaban J connectivity index is 0.00000267. The van der Waals surface area contributed by atoms with E-state index in [1.54, 1.807) is 22.7 Å². The maximum Gasteiger partial charge on any atom is 0.291 e. The van der Waals surface area contributed by atoms with Crippen LogP contribution in [0.5, 0.6) is 0 Å². The number of rotatable bonds is 6. The molecule has 2 aliphatic heterocycles. The number of fused-ring (bicyclic) bond motifs is 2. The third kappa shape index (κ3) is 4.33. The molecule has 35 heavy (non-hydrogen) atoms. The zero-order chi connectivity index (χ0) is 24.4. The van der Waals surface area contributed by atoms with Crippen molar-refractivity contribution in [3.8, 4) is 10.7 Å². The van der Waals surface area contributed by atoms with Crippen molar-refractivity contribution in [1.29, 1.82) is 0 Å². The van der Waals surface area contributed by atoms with Crippen molar-refractivity contribution in [3.63, 3.8) is 0 Å². The molecule has 0 radical (unpaired) electrons. The summed E-state index contributed by atoms with van der Waals surface area (Å²) in [5, 5.41) is 7.51. The molecule has 1 aliphatic carbocycles. The molecule has 2 saturated heterocycles. The molecule has 3 aromatic heterocycles. The predicted molar refractivity (Wildman–Crippen MR) is 130 cm³/mol. The summed E-state index contributed by atoms with van der Waals surface area (Å²) < 4.78 is 63.3. The summed E-state index contributed by atoms with van der Waals surface area (Å²) in [6.07, 6.45) is 0.421. The van der Waals surface area contributed by atoms with Crippen LogP contribution in [-0.2, 0) is 14.8 Å². The molecule has 1 atom stereocenters. The molecule has 1 saturated carbocycles. The Morgan fingerprint density at radius 1 is 1.26 bits per heavy atom. The first-order valence-corrected chi connectivity index (χ1v) is 13.9. The van der Waals surface area contributed by atoms with Gasteiger partial charge in [-0.1, -0.05) is 11.3 Å². The molecule has 0 unspecified atom stereocenters. The normalized spacial score (nSPS) is 22.6. The van der Waals surface area contributed by atoms with E-state index in [-0.39, 0.29) is 17.4 Å². The molecule has 0 amide bonds. The van der Waals surface area contributed by atoms with Crippen molar-refractivity contribution in [2.45, 2.75) is 42.7 Å². The second kappa shape index (κ2) is 8.44. The average Bonchev–Trinajstić information content (AvgIpc) is 3.22. The van der Waals surface area contributed by atoms with Crippen molar-refractivity contribution in [1.82, 2.24) is 24.2 Å². The number of nitrogens with one attached hydrogen (secondary N) is 1. The van der Waals surface area contributed by atoms with Gasteiger partial charge in [-0.15, -0.1) is 10.2 Å². The quantitative estimate of drug-likeness (QED) is 0.528. The van der Waals surface area contributed by atoms with Gasteiger partial charge in [0.2, 0.25) is 10.0 Å². The van der Waals surface area contributed by atoms with E-state index in [4.69, 9.17) is 4.74 Å². The van der Waals surface area contributed by atoms with Crippen LogP contribution in [0, 0.1) is 0 Å². The van der Waals surface area contributed by atoms with Gasteiger partial charge in [-0.05, 0) is 38.0 Å². The Morgan fingerprint density at radius 2 is 2.09 bits per heavy atom. The molecule has 0 bridgehead atoms. The Kier molecular flexibility index (Phi) is 5.60. The average molecular weight is 527 g/mol. The summed E-state index contributed by atoms with van der Waals surface area (Å²) in [6, 6.07) is 5.61. The van der Waals surface area contributed by atoms with E-state index in [1.807, 2.05) is 13.0 Å². The van der Waals surface area contributed by atoms with Crippen LogP contribution in [0.15, 0.2) is 29.3 Å². The van der Waals surface area contributed by atoms with Crippen LogP contribution >= 0.6 is 11.3 Å². The Labute approximate surface area is 207 Å². The number of ether oxygens (including phenoxy) is 1. The van der Waals surface area contributed by atoms with E-state index in [2.05, 4.69) is 24.7 Å². The second-order valence-corrected chi connectivity index (χ2v) is 12.3. The summed E-state index contributed by atoms with van der Waals surface area (Å²) in [5.41, 5.74) is 1.67. The Bertz CT molecular complexity index is 1380. The number of morpholine rings is 1. The monoisotopic (exact) mass is 526 g/mol. The number of anilines is 1. The van der Waals surface area contributed by atoms with Gasteiger partial charge in [-0.3, -0.25) is 4.90 Å². The van der Waals surface area contributed by atoms with Gasteiger partial charge in [0.1, 0.15) is 4.90 Å². The standard InChI is InChI=1S/C22H26F2N6O3S2.H2/c1-22(4-5-22)27-35(31,32)15-10-18(29-7-6-28-8-9-33-13-14(28)11-29)16-2-3-17(30(16)12-15)20-25-26-21(34-20)19(23)24;/h2-3,10,12,14,19,27H,4-9,11,13H2,1H3;1H/t14-;/m1./s1. The van der Waals surface area contributed by atoms with E-state index in [0.717, 1.165) is 61.6 Å². The third-order valence-electron chi connectivity index (χ3n) is 7.03. The fourth-order valence-corrected chi connectivity index (χ4v) is 7.01. The van der Waals surface area contributed by atoms with Crippen LogP contribution in [0.2, 0.25) is 0 Å². The van der Waals surface area contributed by atoms with Crippen LogP contribution < -0.4 is 9.62 Å². The van der Waals surface area contributed by atoms with Gasteiger partial charge in [0.25, 0.3) is 6.43 Å². The number of sulfonamides is 1. The third-order valence-corrected chi connectivity index (χ3v) is 9.59. The van der Waals surface area contributed by atoms with Crippen LogP contribution in [0.25, 0.3) is 16.2 Å². The first-order valence-electron chi connectivity index (χ1n) is 11.6. The fraction of sp³-hybridized carbons (Fsp3) is 0.545. The molecular formula is C22H28F2N6O3S2. The van der Waals surface area contributed by atoms with Crippen molar-refractivity contribution in [2.75, 3.05) is 44.3 Å². The minimum atomic E-state index is -3.80. The zero-order valence-corrected chi connectivity index (χ0v) is 20.8. The van der Waals surface area contributed by atoms with Crippen LogP contribution in [0.1, 0.15) is 32.6 Å². The second-order valence-electron chi connectivity index (χ2n) is 9.66. The molecular weight excluding hydrogens is 498 g/mol. The van der Waals surface area contributed by atoms with Gasteiger partial charge in [0, 0.05) is 39.3 Å². The lowest BCUT2D eigenvalue weighted by Crippen LogP contribution is -2.58. The number of hydrogen-bond donors (Lipinski definition) is 1. The van der Waals surface area contributed by atoms with Gasteiger partial charge in [-0.25, -0.2) is 21.9 Å². The van der Waals surface area contributed by atoms with Crippen LogP contribution in [0.3, 0.4) is 0 Å². The first-order chi connectivity index (χ1) is 16.7. The largest absolute Gasteiger partial charge is 0.378 e. The topological polar surface area (TPSA) is 92.1 Å². The van der Waals surface area contributed by atoms with Gasteiger partial charge in [0.05, 0.1) is 36.2 Å². The predicted octanol–water partition coefficient (Wildman–Crippen LogP) is 2.99. The van der Waals surface area contributed by atoms with Gasteiger partial charge in [0.15, 0.2) is 10.0 Å². The SMILES string of the molecule is CC1(NS(=O)(=O)c2cc(N3CCN4CCOC[C@H]4C3)c3ccc(-c4nnc(C(F)F)s4)n3c2)CC1.[HH]. The highest BCUT2D eigenvalue weighted by molar-refractivity contribution is 7.89. The van der Waals surface area contributed by atoms with Crippen molar-refractivity contribution in [2.24, 2.45) is 0 Å². The summed E-state index contributed by atoms with van der Waals surface area (Å²) in [4.78, 5) is 4.73. The molecule has 190 valence electrons. The van der Waals surface area contributed by atoms with Crippen molar-refractivity contribution >= 4 is 32.6 Å². The molecule has 5 heterocycles. The highest BCUT2D eigenvalue weighted by atomic mass is 32.2. The van der Waals surface area contributed by atoms with Gasteiger partial charge >= 0.3 is 0 Å². The number of piperazine rings is 1. The number of aromatic nitrogens is 3. The molecule has 3 aliphatic rings. The minimum Gasteiger partial charge on any atom is -0.378 e. The molecule has 9 nitrogen and oxygen atoms in total. The van der Waals surface area contributed by atoms with E-state index >= 15 is 0 Å². The molecule has 6 rings (SSSR count). The van der Waals surface area contributed by atoms with Gasteiger partial charge in [-0.2, -0.15) is 0 Å². The van der Waals surface area contributed by atoms with E-state index in [1.165, 1.54) is 0 Å². The summed E-state index contributed by atoms with van der Waals surface area (Å²) in [6.45, 7) is 6.45. The lowest BCUT2D eigenvalue weighted by atomic mass is 10.1. The highest BCUT2D eigenvalue weighted by Crippen LogP contribution is 2.38. The highest BCUT2D eigenvalue weighted by Gasteiger charge is 2.41. The molecule has 3 fully saturated rings.